The molecule has 1 heterocycles. The number of carbonyl (C=O) groups is 1. The van der Waals surface area contributed by atoms with Gasteiger partial charge in [-0.1, -0.05) is 36.8 Å². The molecule has 2 aromatic rings. The summed E-state index contributed by atoms with van der Waals surface area (Å²) in [7, 11) is 0. The van der Waals surface area contributed by atoms with Crippen molar-refractivity contribution in [2.45, 2.75) is 51.0 Å². The molecule has 22 heavy (non-hydrogen) atoms. The summed E-state index contributed by atoms with van der Waals surface area (Å²) in [5.41, 5.74) is 0.992. The molecule has 1 aliphatic carbocycles. The summed E-state index contributed by atoms with van der Waals surface area (Å²) in [6, 6.07) is 9.82. The highest BCUT2D eigenvalue weighted by molar-refractivity contribution is 5.69. The van der Waals surface area contributed by atoms with Gasteiger partial charge in [-0.2, -0.15) is 0 Å². The normalized spacial score (nSPS) is 15.6. The molecule has 0 unspecified atom stereocenters. The Kier molecular flexibility index (Phi) is 4.88. The van der Waals surface area contributed by atoms with E-state index < -0.39 is 0 Å². The Labute approximate surface area is 130 Å². The molecule has 1 fully saturated rings. The fourth-order valence-electron chi connectivity index (χ4n) is 2.80. The standard InChI is InChI=1S/C18H21NO3/c20-18(21-15-9-5-2-6-10-15)12-11-17-19-13-16(22-17)14-7-3-1-4-8-14/h1,3-4,7-8,13,15H,2,5-6,9-12H2. The van der Waals surface area contributed by atoms with Gasteiger partial charge in [-0.15, -0.1) is 0 Å². The maximum atomic E-state index is 11.9. The molecule has 0 amide bonds. The molecule has 0 bridgehead atoms. The number of hydrogen-bond donors (Lipinski definition) is 0. The lowest BCUT2D eigenvalue weighted by Gasteiger charge is -2.21. The predicted octanol–water partition coefficient (Wildman–Crippen LogP) is 4.15. The Morgan fingerprint density at radius 3 is 2.73 bits per heavy atom. The van der Waals surface area contributed by atoms with Gasteiger partial charge in [-0.05, 0) is 25.7 Å². The smallest absolute Gasteiger partial charge is 0.306 e. The number of carbonyl (C=O) groups excluding carboxylic acids is 1. The number of rotatable bonds is 5. The van der Waals surface area contributed by atoms with Crippen molar-refractivity contribution < 1.29 is 13.9 Å². The minimum Gasteiger partial charge on any atom is -0.462 e. The number of aryl methyl sites for hydroxylation is 1. The molecule has 4 nitrogen and oxygen atoms in total. The minimum atomic E-state index is -0.147. The molecule has 1 aliphatic rings. The van der Waals surface area contributed by atoms with E-state index in [1.54, 1.807) is 6.20 Å². The second kappa shape index (κ2) is 7.25. The molecule has 116 valence electrons. The number of esters is 1. The maximum absolute atomic E-state index is 11.9. The van der Waals surface area contributed by atoms with Crippen LogP contribution in [0.15, 0.2) is 40.9 Å². The minimum absolute atomic E-state index is 0.116. The molecule has 0 radical (unpaired) electrons. The van der Waals surface area contributed by atoms with Gasteiger partial charge in [0, 0.05) is 12.0 Å². The summed E-state index contributed by atoms with van der Waals surface area (Å²) < 4.78 is 11.2. The van der Waals surface area contributed by atoms with Crippen molar-refractivity contribution in [2.75, 3.05) is 0 Å². The van der Waals surface area contributed by atoms with Crippen molar-refractivity contribution in [3.63, 3.8) is 0 Å². The summed E-state index contributed by atoms with van der Waals surface area (Å²) >= 11 is 0. The topological polar surface area (TPSA) is 52.3 Å². The van der Waals surface area contributed by atoms with E-state index in [0.717, 1.165) is 37.0 Å². The fourth-order valence-corrected chi connectivity index (χ4v) is 2.80. The molecule has 0 spiro atoms. The third kappa shape index (κ3) is 3.97. The molecular weight excluding hydrogens is 278 g/mol. The van der Waals surface area contributed by atoms with Crippen molar-refractivity contribution in [1.29, 1.82) is 0 Å². The number of hydrogen-bond acceptors (Lipinski definition) is 4. The van der Waals surface area contributed by atoms with Crippen LogP contribution in [0, 0.1) is 0 Å². The van der Waals surface area contributed by atoms with Crippen LogP contribution in [-0.2, 0) is 16.0 Å². The molecule has 0 atom stereocenters. The largest absolute Gasteiger partial charge is 0.462 e. The zero-order valence-electron chi connectivity index (χ0n) is 12.7. The molecule has 0 aliphatic heterocycles. The number of benzene rings is 1. The predicted molar refractivity (Wildman–Crippen MR) is 83.2 cm³/mol. The number of oxazole rings is 1. The van der Waals surface area contributed by atoms with E-state index in [9.17, 15) is 4.79 Å². The van der Waals surface area contributed by atoms with Gasteiger partial charge in [0.25, 0.3) is 0 Å². The molecule has 1 aromatic carbocycles. The van der Waals surface area contributed by atoms with Crippen molar-refractivity contribution >= 4 is 5.97 Å². The summed E-state index contributed by atoms with van der Waals surface area (Å²) in [6.45, 7) is 0. The van der Waals surface area contributed by atoms with E-state index in [1.165, 1.54) is 6.42 Å². The van der Waals surface area contributed by atoms with E-state index >= 15 is 0 Å². The average Bonchev–Trinajstić information content (AvgIpc) is 3.04. The van der Waals surface area contributed by atoms with Crippen LogP contribution in [0.25, 0.3) is 11.3 Å². The second-order valence-corrected chi connectivity index (χ2v) is 5.73. The van der Waals surface area contributed by atoms with Crippen molar-refractivity contribution in [3.8, 4) is 11.3 Å². The molecule has 1 saturated carbocycles. The maximum Gasteiger partial charge on any atom is 0.306 e. The first-order chi connectivity index (χ1) is 10.8. The molecular formula is C18H21NO3. The van der Waals surface area contributed by atoms with Crippen LogP contribution in [0.1, 0.15) is 44.4 Å². The van der Waals surface area contributed by atoms with Gasteiger partial charge in [-0.25, -0.2) is 4.98 Å². The Morgan fingerprint density at radius 2 is 1.95 bits per heavy atom. The lowest BCUT2D eigenvalue weighted by atomic mass is 9.98. The van der Waals surface area contributed by atoms with Crippen molar-refractivity contribution in [2.24, 2.45) is 0 Å². The Balaban J connectivity index is 1.49. The van der Waals surface area contributed by atoms with E-state index in [-0.39, 0.29) is 12.1 Å². The second-order valence-electron chi connectivity index (χ2n) is 5.73. The number of nitrogens with zero attached hydrogens (tertiary/aromatic N) is 1. The molecule has 3 rings (SSSR count). The number of ether oxygens (including phenoxy) is 1. The summed E-state index contributed by atoms with van der Waals surface area (Å²) in [4.78, 5) is 16.1. The van der Waals surface area contributed by atoms with Gasteiger partial charge in [0.1, 0.15) is 6.10 Å². The average molecular weight is 299 g/mol. The lowest BCUT2D eigenvalue weighted by Crippen LogP contribution is -2.21. The van der Waals surface area contributed by atoms with Gasteiger partial charge in [0.05, 0.1) is 12.6 Å². The lowest BCUT2D eigenvalue weighted by molar-refractivity contribution is -0.150. The van der Waals surface area contributed by atoms with Gasteiger partial charge in [-0.3, -0.25) is 4.79 Å². The van der Waals surface area contributed by atoms with E-state index in [2.05, 4.69) is 4.98 Å². The van der Waals surface area contributed by atoms with Crippen LogP contribution in [-0.4, -0.2) is 17.1 Å². The van der Waals surface area contributed by atoms with Gasteiger partial charge in [0.2, 0.25) is 0 Å². The zero-order valence-corrected chi connectivity index (χ0v) is 12.7. The first-order valence-electron chi connectivity index (χ1n) is 8.01. The fraction of sp³-hybridized carbons (Fsp3) is 0.444. The summed E-state index contributed by atoms with van der Waals surface area (Å²) in [5, 5.41) is 0. The quantitative estimate of drug-likeness (QED) is 0.778. The molecule has 0 N–H and O–H groups in total. The third-order valence-electron chi connectivity index (χ3n) is 4.01. The first-order valence-corrected chi connectivity index (χ1v) is 8.01. The van der Waals surface area contributed by atoms with Crippen LogP contribution < -0.4 is 0 Å². The van der Waals surface area contributed by atoms with Crippen LogP contribution in [0.5, 0.6) is 0 Å². The highest BCUT2D eigenvalue weighted by Crippen LogP contribution is 2.22. The van der Waals surface area contributed by atoms with Crippen LogP contribution >= 0.6 is 0 Å². The van der Waals surface area contributed by atoms with Gasteiger partial charge < -0.3 is 9.15 Å². The Bertz CT molecular complexity index is 600. The van der Waals surface area contributed by atoms with E-state index in [4.69, 9.17) is 9.15 Å². The van der Waals surface area contributed by atoms with E-state index in [0.29, 0.717) is 18.7 Å². The number of aromatic nitrogens is 1. The van der Waals surface area contributed by atoms with Gasteiger partial charge >= 0.3 is 5.97 Å². The van der Waals surface area contributed by atoms with E-state index in [1.807, 2.05) is 30.3 Å². The first kappa shape index (κ1) is 14.8. The monoisotopic (exact) mass is 299 g/mol. The van der Waals surface area contributed by atoms with Crippen LogP contribution in [0.2, 0.25) is 0 Å². The van der Waals surface area contributed by atoms with Crippen molar-refractivity contribution in [3.05, 3.63) is 42.4 Å². The van der Waals surface area contributed by atoms with Crippen molar-refractivity contribution in [1.82, 2.24) is 4.98 Å². The summed E-state index contributed by atoms with van der Waals surface area (Å²) in [5.74, 6) is 1.17. The van der Waals surface area contributed by atoms with Gasteiger partial charge in [0.15, 0.2) is 11.7 Å². The molecule has 1 aromatic heterocycles. The Hall–Kier alpha value is -2.10. The highest BCUT2D eigenvalue weighted by Gasteiger charge is 2.18. The SMILES string of the molecule is O=C(CCc1ncc(-c2ccccc2)o1)OC1CCCCC1. The Morgan fingerprint density at radius 1 is 1.18 bits per heavy atom. The molecule has 4 heteroatoms. The highest BCUT2D eigenvalue weighted by atomic mass is 16.5. The molecule has 0 saturated heterocycles. The third-order valence-corrected chi connectivity index (χ3v) is 4.01. The van der Waals surface area contributed by atoms with Crippen LogP contribution in [0.3, 0.4) is 0 Å². The zero-order chi connectivity index (χ0) is 15.2. The summed E-state index contributed by atoms with van der Waals surface area (Å²) in [6.07, 6.45) is 8.22. The van der Waals surface area contributed by atoms with Crippen LogP contribution in [0.4, 0.5) is 0 Å².